The Kier molecular flexibility index (Phi) is 3.03. The predicted molar refractivity (Wildman–Crippen MR) is 64.5 cm³/mol. The first-order valence-electron chi connectivity index (χ1n) is 4.71. The average Bonchev–Trinajstić information content (AvgIpc) is 2.56. The molecule has 0 saturated carbocycles. The Balaban J connectivity index is 2.55. The lowest BCUT2D eigenvalue weighted by molar-refractivity contribution is 0.0529. The van der Waals surface area contributed by atoms with Crippen LogP contribution in [-0.2, 0) is 4.74 Å². The predicted octanol–water partition coefficient (Wildman–Crippen LogP) is 3.44. The molecule has 0 bridgehead atoms. The van der Waals surface area contributed by atoms with E-state index in [0.717, 1.165) is 4.70 Å². The van der Waals surface area contributed by atoms with Crippen molar-refractivity contribution in [1.29, 1.82) is 0 Å². The van der Waals surface area contributed by atoms with Crippen LogP contribution in [0.15, 0.2) is 18.2 Å². The lowest BCUT2D eigenvalue weighted by atomic mass is 10.2. The number of fused-ring (bicyclic) bond motifs is 1. The third-order valence-electron chi connectivity index (χ3n) is 2.09. The molecule has 84 valence electrons. The van der Waals surface area contributed by atoms with E-state index in [9.17, 15) is 9.90 Å². The number of thiophene rings is 1. The fraction of sp³-hybridized carbons (Fsp3) is 0.182. The summed E-state index contributed by atoms with van der Waals surface area (Å²) in [5, 5.41) is 11.0. The summed E-state index contributed by atoms with van der Waals surface area (Å²) in [4.78, 5) is 11.7. The number of esters is 1. The van der Waals surface area contributed by atoms with Crippen LogP contribution in [-0.4, -0.2) is 17.7 Å². The Hall–Kier alpha value is -1.26. The quantitative estimate of drug-likeness (QED) is 0.838. The van der Waals surface area contributed by atoms with Gasteiger partial charge >= 0.3 is 5.97 Å². The second-order valence-corrected chi connectivity index (χ2v) is 4.63. The molecule has 0 spiro atoms. The van der Waals surface area contributed by atoms with Gasteiger partial charge < -0.3 is 9.84 Å². The highest BCUT2D eigenvalue weighted by molar-refractivity contribution is 7.21. The molecule has 0 amide bonds. The first-order valence-corrected chi connectivity index (χ1v) is 5.91. The summed E-state index contributed by atoms with van der Waals surface area (Å²) in [6.07, 6.45) is 0. The maximum atomic E-state index is 11.5. The molecule has 0 aliphatic carbocycles. The number of benzene rings is 1. The maximum Gasteiger partial charge on any atom is 0.352 e. The van der Waals surface area contributed by atoms with Crippen molar-refractivity contribution in [2.24, 2.45) is 0 Å². The van der Waals surface area contributed by atoms with Crippen LogP contribution in [0.4, 0.5) is 0 Å². The number of aromatic hydroxyl groups is 1. The van der Waals surface area contributed by atoms with Crippen molar-refractivity contribution in [3.05, 3.63) is 28.1 Å². The summed E-state index contributed by atoms with van der Waals surface area (Å²) in [5.74, 6) is -0.535. The first-order chi connectivity index (χ1) is 7.63. The van der Waals surface area contributed by atoms with E-state index in [1.807, 2.05) is 0 Å². The first kappa shape index (κ1) is 11.2. The molecule has 1 aromatic carbocycles. The Bertz CT molecular complexity index is 547. The average molecular weight is 257 g/mol. The molecular formula is C11H9ClO3S. The highest BCUT2D eigenvalue weighted by Gasteiger charge is 2.18. The normalized spacial score (nSPS) is 10.6. The third kappa shape index (κ3) is 1.86. The van der Waals surface area contributed by atoms with E-state index in [-0.39, 0.29) is 17.2 Å². The topological polar surface area (TPSA) is 46.5 Å². The minimum absolute atomic E-state index is 0.0323. The smallest absolute Gasteiger partial charge is 0.352 e. The van der Waals surface area contributed by atoms with Gasteiger partial charge in [-0.05, 0) is 25.1 Å². The number of ether oxygens (including phenoxy) is 1. The molecule has 0 unspecified atom stereocenters. The zero-order valence-electron chi connectivity index (χ0n) is 8.49. The monoisotopic (exact) mass is 256 g/mol. The van der Waals surface area contributed by atoms with Crippen LogP contribution in [0.2, 0.25) is 5.02 Å². The molecule has 3 nitrogen and oxygen atoms in total. The van der Waals surface area contributed by atoms with Crippen LogP contribution in [0.25, 0.3) is 10.1 Å². The van der Waals surface area contributed by atoms with Crippen LogP contribution in [0.5, 0.6) is 5.75 Å². The van der Waals surface area contributed by atoms with Crippen LogP contribution in [0.3, 0.4) is 0 Å². The summed E-state index contributed by atoms with van der Waals surface area (Å²) in [6, 6.07) is 5.07. The zero-order valence-corrected chi connectivity index (χ0v) is 10.1. The van der Waals surface area contributed by atoms with Gasteiger partial charge in [0.25, 0.3) is 0 Å². The van der Waals surface area contributed by atoms with E-state index in [2.05, 4.69) is 0 Å². The minimum Gasteiger partial charge on any atom is -0.505 e. The minimum atomic E-state index is -0.502. The van der Waals surface area contributed by atoms with Crippen molar-refractivity contribution in [2.75, 3.05) is 6.61 Å². The van der Waals surface area contributed by atoms with Crippen LogP contribution in [0.1, 0.15) is 16.6 Å². The second kappa shape index (κ2) is 4.31. The molecule has 0 saturated heterocycles. The number of hydrogen-bond acceptors (Lipinski definition) is 4. The van der Waals surface area contributed by atoms with E-state index in [1.54, 1.807) is 25.1 Å². The van der Waals surface area contributed by atoms with Gasteiger partial charge in [-0.3, -0.25) is 0 Å². The van der Waals surface area contributed by atoms with Gasteiger partial charge in [0.1, 0.15) is 5.75 Å². The molecule has 16 heavy (non-hydrogen) atoms. The van der Waals surface area contributed by atoms with Crippen LogP contribution in [0, 0.1) is 0 Å². The number of rotatable bonds is 2. The molecule has 0 atom stereocenters. The fourth-order valence-corrected chi connectivity index (χ4v) is 2.66. The highest BCUT2D eigenvalue weighted by atomic mass is 35.5. The van der Waals surface area contributed by atoms with Crippen molar-refractivity contribution in [3.8, 4) is 5.75 Å². The molecule has 5 heteroatoms. The maximum absolute atomic E-state index is 11.5. The molecule has 0 aliphatic heterocycles. The second-order valence-electron chi connectivity index (χ2n) is 3.14. The largest absolute Gasteiger partial charge is 0.505 e. The number of halogens is 1. The summed E-state index contributed by atoms with van der Waals surface area (Å²) in [6.45, 7) is 2.01. The summed E-state index contributed by atoms with van der Waals surface area (Å²) >= 11 is 7.01. The summed E-state index contributed by atoms with van der Waals surface area (Å²) in [5.41, 5.74) is 0. The van der Waals surface area contributed by atoms with Crippen LogP contribution < -0.4 is 0 Å². The molecule has 1 heterocycles. The van der Waals surface area contributed by atoms with E-state index in [0.29, 0.717) is 10.4 Å². The van der Waals surface area contributed by atoms with Crippen molar-refractivity contribution in [3.63, 3.8) is 0 Å². The van der Waals surface area contributed by atoms with Crippen LogP contribution >= 0.6 is 22.9 Å². The molecule has 0 fully saturated rings. The van der Waals surface area contributed by atoms with Gasteiger partial charge in [-0.25, -0.2) is 4.79 Å². The number of hydrogen-bond donors (Lipinski definition) is 1. The van der Waals surface area contributed by atoms with E-state index < -0.39 is 5.97 Å². The SMILES string of the molecule is CCOC(=O)c1sc2cc(Cl)ccc2c1O. The molecule has 2 rings (SSSR count). The highest BCUT2D eigenvalue weighted by Crippen LogP contribution is 2.38. The van der Waals surface area contributed by atoms with E-state index in [1.165, 1.54) is 11.3 Å². The summed E-state index contributed by atoms with van der Waals surface area (Å²) in [7, 11) is 0. The molecule has 1 aromatic heterocycles. The van der Waals surface area contributed by atoms with Crippen molar-refractivity contribution >= 4 is 39.0 Å². The Labute approximate surface area is 101 Å². The fourth-order valence-electron chi connectivity index (χ4n) is 1.39. The van der Waals surface area contributed by atoms with Crippen molar-refractivity contribution < 1.29 is 14.6 Å². The molecule has 0 radical (unpaired) electrons. The standard InChI is InChI=1S/C11H9ClO3S/c1-2-15-11(14)10-9(13)7-4-3-6(12)5-8(7)16-10/h3-5,13H,2H2,1H3. The van der Waals surface area contributed by atoms with Gasteiger partial charge in [0.15, 0.2) is 4.88 Å². The lowest BCUT2D eigenvalue weighted by Crippen LogP contribution is -2.01. The number of carbonyl (C=O) groups is 1. The zero-order chi connectivity index (χ0) is 11.7. The van der Waals surface area contributed by atoms with Gasteiger partial charge in [-0.15, -0.1) is 11.3 Å². The Morgan fingerprint density at radius 1 is 1.56 bits per heavy atom. The van der Waals surface area contributed by atoms with Gasteiger partial charge in [0.2, 0.25) is 0 Å². The lowest BCUT2D eigenvalue weighted by Gasteiger charge is -1.98. The van der Waals surface area contributed by atoms with Crippen molar-refractivity contribution in [1.82, 2.24) is 0 Å². The van der Waals surface area contributed by atoms with Gasteiger partial charge in [0.05, 0.1) is 6.61 Å². The Morgan fingerprint density at radius 2 is 2.31 bits per heavy atom. The van der Waals surface area contributed by atoms with Gasteiger partial charge in [-0.1, -0.05) is 11.6 Å². The van der Waals surface area contributed by atoms with E-state index in [4.69, 9.17) is 16.3 Å². The molecule has 2 aromatic rings. The van der Waals surface area contributed by atoms with E-state index >= 15 is 0 Å². The summed E-state index contributed by atoms with van der Waals surface area (Å²) < 4.78 is 5.62. The number of carbonyl (C=O) groups excluding carboxylic acids is 1. The molecule has 0 aliphatic rings. The van der Waals surface area contributed by atoms with Crippen molar-refractivity contribution in [2.45, 2.75) is 6.92 Å². The Morgan fingerprint density at radius 3 is 3.00 bits per heavy atom. The van der Waals surface area contributed by atoms with Gasteiger partial charge in [0, 0.05) is 15.1 Å². The third-order valence-corrected chi connectivity index (χ3v) is 3.44. The molecule has 1 N–H and O–H groups in total. The van der Waals surface area contributed by atoms with Gasteiger partial charge in [-0.2, -0.15) is 0 Å². The molecular weight excluding hydrogens is 248 g/mol.